The van der Waals surface area contributed by atoms with Crippen LogP contribution < -0.4 is 5.73 Å². The van der Waals surface area contributed by atoms with Gasteiger partial charge in [-0.25, -0.2) is 9.97 Å². The van der Waals surface area contributed by atoms with Gasteiger partial charge in [-0.3, -0.25) is 0 Å². The number of aromatic nitrogens is 4. The summed E-state index contributed by atoms with van der Waals surface area (Å²) in [5, 5.41) is 0. The number of H-pyrrole nitrogens is 1. The molecular weight excluding hydrogens is 178 g/mol. The first-order valence-electron chi connectivity index (χ1n) is 4.45. The van der Waals surface area contributed by atoms with Gasteiger partial charge in [-0.2, -0.15) is 0 Å². The number of nitrogens with zero attached hydrogens (tertiary/aromatic N) is 3. The second-order valence-corrected chi connectivity index (χ2v) is 2.72. The Balaban J connectivity index is 0.000000165. The Bertz CT molecular complexity index is 307. The van der Waals surface area contributed by atoms with Crippen LogP contribution in [0.4, 0.5) is 0 Å². The molecule has 0 aliphatic heterocycles. The lowest BCUT2D eigenvalue weighted by Crippen LogP contribution is -2.09. The summed E-state index contributed by atoms with van der Waals surface area (Å²) in [7, 11) is 0. The van der Waals surface area contributed by atoms with Gasteiger partial charge in [0.2, 0.25) is 0 Å². The first-order chi connectivity index (χ1) is 6.84. The highest BCUT2D eigenvalue weighted by molar-refractivity contribution is 4.87. The summed E-state index contributed by atoms with van der Waals surface area (Å²) < 4.78 is 2.03. The molecule has 0 unspecified atom stereocenters. The SMILES string of the molecule is Cc1nccn1CCN.c1c[nH]cn1. The summed E-state index contributed by atoms with van der Waals surface area (Å²) in [6.45, 7) is 3.51. The van der Waals surface area contributed by atoms with E-state index >= 15 is 0 Å². The standard InChI is InChI=1S/C6H11N3.C3H4N2/c1-6-8-3-5-9(6)4-2-7;1-2-5-3-4-1/h3,5H,2,4,7H2,1H3;1-3H,(H,4,5). The van der Waals surface area contributed by atoms with Gasteiger partial charge in [-0.1, -0.05) is 0 Å². The second-order valence-electron chi connectivity index (χ2n) is 2.72. The molecule has 14 heavy (non-hydrogen) atoms. The van der Waals surface area contributed by atoms with Gasteiger partial charge in [0.15, 0.2) is 0 Å². The molecular formula is C9H15N5. The molecule has 76 valence electrons. The van der Waals surface area contributed by atoms with E-state index in [0.717, 1.165) is 12.4 Å². The molecule has 0 saturated carbocycles. The highest BCUT2D eigenvalue weighted by Crippen LogP contribution is 1.92. The minimum atomic E-state index is 0.678. The van der Waals surface area contributed by atoms with Crippen molar-refractivity contribution in [2.75, 3.05) is 6.54 Å². The highest BCUT2D eigenvalue weighted by Gasteiger charge is 1.91. The molecule has 2 heterocycles. The number of rotatable bonds is 2. The van der Waals surface area contributed by atoms with Gasteiger partial charge in [0.25, 0.3) is 0 Å². The molecule has 0 aromatic carbocycles. The molecule has 2 aromatic rings. The summed E-state index contributed by atoms with van der Waals surface area (Å²) in [4.78, 5) is 10.5. The Kier molecular flexibility index (Phi) is 4.43. The number of imidazole rings is 2. The number of hydrogen-bond acceptors (Lipinski definition) is 3. The van der Waals surface area contributed by atoms with Gasteiger partial charge in [0.1, 0.15) is 5.82 Å². The zero-order valence-electron chi connectivity index (χ0n) is 8.22. The fourth-order valence-electron chi connectivity index (χ4n) is 0.994. The van der Waals surface area contributed by atoms with Crippen molar-refractivity contribution in [2.24, 2.45) is 5.73 Å². The number of aryl methyl sites for hydroxylation is 1. The number of aromatic amines is 1. The molecule has 0 spiro atoms. The van der Waals surface area contributed by atoms with Gasteiger partial charge in [0.05, 0.1) is 6.33 Å². The van der Waals surface area contributed by atoms with Crippen molar-refractivity contribution in [3.63, 3.8) is 0 Å². The quantitative estimate of drug-likeness (QED) is 0.732. The summed E-state index contributed by atoms with van der Waals surface area (Å²) in [5.41, 5.74) is 5.34. The van der Waals surface area contributed by atoms with E-state index in [4.69, 9.17) is 5.73 Å². The highest BCUT2D eigenvalue weighted by atomic mass is 15.1. The lowest BCUT2D eigenvalue weighted by molar-refractivity contribution is 0.684. The van der Waals surface area contributed by atoms with Crippen molar-refractivity contribution in [2.45, 2.75) is 13.5 Å². The maximum Gasteiger partial charge on any atom is 0.105 e. The summed E-state index contributed by atoms with van der Waals surface area (Å²) in [6, 6.07) is 0. The van der Waals surface area contributed by atoms with E-state index in [9.17, 15) is 0 Å². The number of nitrogens with two attached hydrogens (primary N) is 1. The largest absolute Gasteiger partial charge is 0.351 e. The Morgan fingerprint density at radius 3 is 2.71 bits per heavy atom. The van der Waals surface area contributed by atoms with Crippen LogP contribution >= 0.6 is 0 Å². The molecule has 5 nitrogen and oxygen atoms in total. The molecule has 0 radical (unpaired) electrons. The first-order valence-corrected chi connectivity index (χ1v) is 4.45. The van der Waals surface area contributed by atoms with E-state index in [1.54, 1.807) is 24.9 Å². The number of hydrogen-bond donors (Lipinski definition) is 2. The van der Waals surface area contributed by atoms with Gasteiger partial charge in [0, 0.05) is 37.9 Å². The van der Waals surface area contributed by atoms with Crippen molar-refractivity contribution in [1.29, 1.82) is 0 Å². The molecule has 0 saturated heterocycles. The smallest absolute Gasteiger partial charge is 0.105 e. The number of nitrogens with one attached hydrogen (secondary N) is 1. The van der Waals surface area contributed by atoms with E-state index in [-0.39, 0.29) is 0 Å². The Morgan fingerprint density at radius 2 is 2.36 bits per heavy atom. The van der Waals surface area contributed by atoms with E-state index in [0.29, 0.717) is 6.54 Å². The normalized spacial score (nSPS) is 9.29. The Hall–Kier alpha value is -1.62. The fourth-order valence-corrected chi connectivity index (χ4v) is 0.994. The molecule has 0 atom stereocenters. The third kappa shape index (κ3) is 3.40. The third-order valence-corrected chi connectivity index (χ3v) is 1.70. The van der Waals surface area contributed by atoms with E-state index in [1.165, 1.54) is 0 Å². The van der Waals surface area contributed by atoms with Crippen LogP contribution in [0.2, 0.25) is 0 Å². The second kappa shape index (κ2) is 5.93. The Labute approximate surface area is 83.0 Å². The predicted molar refractivity (Wildman–Crippen MR) is 54.6 cm³/mol. The van der Waals surface area contributed by atoms with Crippen LogP contribution in [0.1, 0.15) is 5.82 Å². The third-order valence-electron chi connectivity index (χ3n) is 1.70. The zero-order valence-corrected chi connectivity index (χ0v) is 8.22. The lowest BCUT2D eigenvalue weighted by Gasteiger charge is -1.99. The minimum Gasteiger partial charge on any atom is -0.351 e. The van der Waals surface area contributed by atoms with Crippen molar-refractivity contribution in [1.82, 2.24) is 19.5 Å². The maximum absolute atomic E-state index is 5.34. The molecule has 5 heteroatoms. The maximum atomic E-state index is 5.34. The van der Waals surface area contributed by atoms with Crippen LogP contribution in [0, 0.1) is 6.92 Å². The minimum absolute atomic E-state index is 0.678. The van der Waals surface area contributed by atoms with Crippen LogP contribution in [0.3, 0.4) is 0 Å². The summed E-state index contributed by atoms with van der Waals surface area (Å²) >= 11 is 0. The van der Waals surface area contributed by atoms with Crippen molar-refractivity contribution in [3.05, 3.63) is 36.9 Å². The monoisotopic (exact) mass is 193 g/mol. The molecule has 0 fully saturated rings. The van der Waals surface area contributed by atoms with Gasteiger partial charge >= 0.3 is 0 Å². The van der Waals surface area contributed by atoms with Crippen LogP contribution in [0.15, 0.2) is 31.1 Å². The van der Waals surface area contributed by atoms with Gasteiger partial charge < -0.3 is 15.3 Å². The van der Waals surface area contributed by atoms with Crippen LogP contribution in [0.25, 0.3) is 0 Å². The Morgan fingerprint density at radius 1 is 1.50 bits per heavy atom. The zero-order chi connectivity index (χ0) is 10.2. The van der Waals surface area contributed by atoms with E-state index < -0.39 is 0 Å². The van der Waals surface area contributed by atoms with Crippen LogP contribution in [-0.4, -0.2) is 26.1 Å². The van der Waals surface area contributed by atoms with Gasteiger partial charge in [-0.15, -0.1) is 0 Å². The molecule has 2 rings (SSSR count). The van der Waals surface area contributed by atoms with E-state index in [1.807, 2.05) is 17.7 Å². The average Bonchev–Trinajstić information content (AvgIpc) is 2.81. The molecule has 0 aliphatic rings. The van der Waals surface area contributed by atoms with Crippen molar-refractivity contribution >= 4 is 0 Å². The molecule has 0 aliphatic carbocycles. The first kappa shape index (κ1) is 10.5. The summed E-state index contributed by atoms with van der Waals surface area (Å²) in [5.74, 6) is 1.03. The predicted octanol–water partition coefficient (Wildman–Crippen LogP) is 0.560. The topological polar surface area (TPSA) is 72.5 Å². The van der Waals surface area contributed by atoms with Crippen LogP contribution in [-0.2, 0) is 6.54 Å². The molecule has 2 aromatic heterocycles. The van der Waals surface area contributed by atoms with Crippen molar-refractivity contribution < 1.29 is 0 Å². The fraction of sp³-hybridized carbons (Fsp3) is 0.333. The molecule has 3 N–H and O–H groups in total. The molecule has 0 bridgehead atoms. The van der Waals surface area contributed by atoms with Crippen LogP contribution in [0.5, 0.6) is 0 Å². The average molecular weight is 193 g/mol. The summed E-state index contributed by atoms with van der Waals surface area (Å²) in [6.07, 6.45) is 8.80. The van der Waals surface area contributed by atoms with E-state index in [2.05, 4.69) is 15.0 Å². The molecule has 0 amide bonds. The lowest BCUT2D eigenvalue weighted by atomic mass is 10.6. The van der Waals surface area contributed by atoms with Crippen molar-refractivity contribution in [3.8, 4) is 0 Å². The van der Waals surface area contributed by atoms with Gasteiger partial charge in [-0.05, 0) is 6.92 Å².